The lowest BCUT2D eigenvalue weighted by Gasteiger charge is -2.09. The zero-order chi connectivity index (χ0) is 18.6. The quantitative estimate of drug-likeness (QED) is 0.288. The van der Waals surface area contributed by atoms with Crippen LogP contribution in [0.25, 0.3) is 0 Å². The molecule has 0 amide bonds. The summed E-state index contributed by atoms with van der Waals surface area (Å²) in [6.45, 7) is 5.00. The molecule has 0 aromatic heterocycles. The lowest BCUT2D eigenvalue weighted by Crippen LogP contribution is -2.06. The summed E-state index contributed by atoms with van der Waals surface area (Å²) in [6.07, 6.45) is 5.20. The third kappa shape index (κ3) is 7.31. The van der Waals surface area contributed by atoms with E-state index in [1.54, 1.807) is 6.21 Å². The highest BCUT2D eigenvalue weighted by molar-refractivity contribution is 8.13. The third-order valence-corrected chi connectivity index (χ3v) is 4.65. The van der Waals surface area contributed by atoms with Crippen LogP contribution in [0, 0.1) is 6.92 Å². The smallest absolute Gasteiger partial charge is 0.180 e. The Morgan fingerprint density at radius 1 is 1.15 bits per heavy atom. The Morgan fingerprint density at radius 2 is 1.96 bits per heavy atom. The Labute approximate surface area is 160 Å². The maximum absolute atomic E-state index is 5.90. The van der Waals surface area contributed by atoms with E-state index in [4.69, 9.17) is 10.5 Å². The summed E-state index contributed by atoms with van der Waals surface area (Å²) < 4.78 is 5.82. The number of hydrogen-bond donors (Lipinski definition) is 1. The highest BCUT2D eigenvalue weighted by atomic mass is 32.2. The summed E-state index contributed by atoms with van der Waals surface area (Å²) >= 11 is 1.48. The molecule has 4 nitrogen and oxygen atoms in total. The van der Waals surface area contributed by atoms with Gasteiger partial charge in [0, 0.05) is 5.75 Å². The minimum absolute atomic E-state index is 0.456. The number of benzene rings is 2. The first kappa shape index (κ1) is 20.0. The van der Waals surface area contributed by atoms with Crippen LogP contribution in [0.2, 0.25) is 0 Å². The average Bonchev–Trinajstić information content (AvgIpc) is 2.66. The van der Waals surface area contributed by atoms with E-state index in [1.165, 1.54) is 30.2 Å². The molecule has 2 aromatic rings. The first-order chi connectivity index (χ1) is 12.7. The summed E-state index contributed by atoms with van der Waals surface area (Å²) in [5.74, 6) is 1.72. The van der Waals surface area contributed by atoms with Crippen molar-refractivity contribution in [2.24, 2.45) is 15.9 Å². The van der Waals surface area contributed by atoms with E-state index in [0.29, 0.717) is 5.17 Å². The highest BCUT2D eigenvalue weighted by Crippen LogP contribution is 2.19. The van der Waals surface area contributed by atoms with Gasteiger partial charge in [0.25, 0.3) is 0 Å². The van der Waals surface area contributed by atoms with Crippen molar-refractivity contribution in [2.75, 3.05) is 6.61 Å². The van der Waals surface area contributed by atoms with Gasteiger partial charge >= 0.3 is 0 Å². The predicted octanol–water partition coefficient (Wildman–Crippen LogP) is 5.15. The standard InChI is InChI=1S/C21H27N3OS/c1-3-4-8-13-25-20-12-11-19(14-17(20)2)15-23-24-21(22)26-16-18-9-6-5-7-10-18/h5-7,9-12,14-15H,3-4,8,13,16H2,1-2H3,(H2,22,24). The topological polar surface area (TPSA) is 60.0 Å². The lowest BCUT2D eigenvalue weighted by molar-refractivity contribution is 0.304. The van der Waals surface area contributed by atoms with Crippen LogP contribution < -0.4 is 10.5 Å². The van der Waals surface area contributed by atoms with Crippen molar-refractivity contribution >= 4 is 23.1 Å². The molecule has 0 saturated carbocycles. The van der Waals surface area contributed by atoms with Crippen molar-refractivity contribution in [1.29, 1.82) is 0 Å². The normalized spacial score (nSPS) is 11.8. The summed E-state index contributed by atoms with van der Waals surface area (Å²) in [7, 11) is 0. The van der Waals surface area contributed by atoms with Crippen LogP contribution in [0.5, 0.6) is 5.75 Å². The van der Waals surface area contributed by atoms with Crippen LogP contribution in [0.3, 0.4) is 0 Å². The van der Waals surface area contributed by atoms with Gasteiger partial charge in [-0.3, -0.25) is 0 Å². The molecule has 0 aliphatic heterocycles. The number of unbranched alkanes of at least 4 members (excludes halogenated alkanes) is 2. The van der Waals surface area contributed by atoms with E-state index >= 15 is 0 Å². The third-order valence-electron chi connectivity index (χ3n) is 3.80. The molecule has 0 saturated heterocycles. The minimum Gasteiger partial charge on any atom is -0.493 e. The molecule has 0 atom stereocenters. The first-order valence-corrected chi connectivity index (χ1v) is 9.94. The number of amidine groups is 1. The molecule has 0 aliphatic rings. The summed E-state index contributed by atoms with van der Waals surface area (Å²) in [5, 5.41) is 8.60. The van der Waals surface area contributed by atoms with Crippen molar-refractivity contribution in [1.82, 2.24) is 0 Å². The number of ether oxygens (including phenoxy) is 1. The van der Waals surface area contributed by atoms with Crippen molar-refractivity contribution < 1.29 is 4.74 Å². The fourth-order valence-corrected chi connectivity index (χ4v) is 2.97. The van der Waals surface area contributed by atoms with Gasteiger partial charge in [0.2, 0.25) is 0 Å². The predicted molar refractivity (Wildman–Crippen MR) is 113 cm³/mol. The second-order valence-electron chi connectivity index (χ2n) is 6.04. The number of aryl methyl sites for hydroxylation is 1. The monoisotopic (exact) mass is 369 g/mol. The number of rotatable bonds is 9. The Bertz CT molecular complexity index is 729. The molecule has 0 spiro atoms. The summed E-state index contributed by atoms with van der Waals surface area (Å²) in [5.41, 5.74) is 9.19. The average molecular weight is 370 g/mol. The number of nitrogens with two attached hydrogens (primary N) is 1. The van der Waals surface area contributed by atoms with Gasteiger partial charge in [-0.15, -0.1) is 5.10 Å². The molecule has 0 aliphatic carbocycles. The Morgan fingerprint density at radius 3 is 2.69 bits per heavy atom. The van der Waals surface area contributed by atoms with Crippen LogP contribution in [0.15, 0.2) is 58.7 Å². The fourth-order valence-electron chi connectivity index (χ4n) is 2.36. The van der Waals surface area contributed by atoms with Gasteiger partial charge in [0.05, 0.1) is 12.8 Å². The van der Waals surface area contributed by atoms with E-state index in [2.05, 4.69) is 29.3 Å². The van der Waals surface area contributed by atoms with Crippen LogP contribution >= 0.6 is 11.8 Å². The SMILES string of the molecule is CCCCCOc1ccc(C=NN=C(N)SCc2ccccc2)cc1C. The molecule has 0 unspecified atom stereocenters. The highest BCUT2D eigenvalue weighted by Gasteiger charge is 2.00. The number of thioether (sulfide) groups is 1. The molecule has 0 fully saturated rings. The maximum Gasteiger partial charge on any atom is 0.180 e. The van der Waals surface area contributed by atoms with Crippen LogP contribution in [0.4, 0.5) is 0 Å². The van der Waals surface area contributed by atoms with Gasteiger partial charge < -0.3 is 10.5 Å². The van der Waals surface area contributed by atoms with Crippen molar-refractivity contribution in [2.45, 2.75) is 38.9 Å². The zero-order valence-corrected chi connectivity index (χ0v) is 16.3. The fraction of sp³-hybridized carbons (Fsp3) is 0.333. The largest absolute Gasteiger partial charge is 0.493 e. The van der Waals surface area contributed by atoms with Gasteiger partial charge in [-0.2, -0.15) is 5.10 Å². The molecular formula is C21H27N3OS. The molecule has 138 valence electrons. The molecule has 2 N–H and O–H groups in total. The van der Waals surface area contributed by atoms with Gasteiger partial charge in [0.1, 0.15) is 5.75 Å². The molecule has 5 heteroatoms. The molecule has 2 rings (SSSR count). The molecule has 26 heavy (non-hydrogen) atoms. The molecule has 2 aromatic carbocycles. The van der Waals surface area contributed by atoms with E-state index < -0.39 is 0 Å². The van der Waals surface area contributed by atoms with Crippen LogP contribution in [-0.2, 0) is 5.75 Å². The Kier molecular flexibility index (Phi) is 8.76. The van der Waals surface area contributed by atoms with E-state index in [0.717, 1.165) is 35.7 Å². The Balaban J connectivity index is 1.84. The molecular weight excluding hydrogens is 342 g/mol. The molecule has 0 bridgehead atoms. The Hall–Kier alpha value is -2.27. The summed E-state index contributed by atoms with van der Waals surface area (Å²) in [4.78, 5) is 0. The van der Waals surface area contributed by atoms with Crippen molar-refractivity contribution in [3.05, 3.63) is 65.2 Å². The van der Waals surface area contributed by atoms with Crippen LogP contribution in [-0.4, -0.2) is 18.0 Å². The second-order valence-corrected chi connectivity index (χ2v) is 7.03. The zero-order valence-electron chi connectivity index (χ0n) is 15.5. The number of hydrogen-bond acceptors (Lipinski definition) is 4. The van der Waals surface area contributed by atoms with Crippen molar-refractivity contribution in [3.8, 4) is 5.75 Å². The maximum atomic E-state index is 5.90. The van der Waals surface area contributed by atoms with Crippen LogP contribution in [0.1, 0.15) is 42.9 Å². The van der Waals surface area contributed by atoms with E-state index in [9.17, 15) is 0 Å². The van der Waals surface area contributed by atoms with Crippen molar-refractivity contribution in [3.63, 3.8) is 0 Å². The minimum atomic E-state index is 0.456. The van der Waals surface area contributed by atoms with Gasteiger partial charge in [-0.1, -0.05) is 61.9 Å². The molecule has 0 heterocycles. The molecule has 0 radical (unpaired) electrons. The second kappa shape index (κ2) is 11.4. The summed E-state index contributed by atoms with van der Waals surface area (Å²) in [6, 6.07) is 16.2. The van der Waals surface area contributed by atoms with E-state index in [-0.39, 0.29) is 0 Å². The lowest BCUT2D eigenvalue weighted by atomic mass is 10.1. The van der Waals surface area contributed by atoms with Gasteiger partial charge in [-0.25, -0.2) is 0 Å². The van der Waals surface area contributed by atoms with Gasteiger partial charge in [-0.05, 0) is 48.2 Å². The van der Waals surface area contributed by atoms with Gasteiger partial charge in [0.15, 0.2) is 5.17 Å². The first-order valence-electron chi connectivity index (χ1n) is 8.95. The van der Waals surface area contributed by atoms with E-state index in [1.807, 2.05) is 43.3 Å². The number of nitrogens with zero attached hydrogens (tertiary/aromatic N) is 2.